The van der Waals surface area contributed by atoms with Gasteiger partial charge in [-0.2, -0.15) is 0 Å². The molecule has 1 fully saturated rings. The van der Waals surface area contributed by atoms with Crippen molar-refractivity contribution in [3.63, 3.8) is 0 Å². The Balaban J connectivity index is 1.76. The van der Waals surface area contributed by atoms with Crippen LogP contribution in [0.25, 0.3) is 0 Å². The second-order valence-electron chi connectivity index (χ2n) is 4.68. The summed E-state index contributed by atoms with van der Waals surface area (Å²) in [6, 6.07) is 7.41. The Labute approximate surface area is 108 Å². The van der Waals surface area contributed by atoms with Gasteiger partial charge in [0, 0.05) is 31.9 Å². The Kier molecular flexibility index (Phi) is 4.73. The molecule has 98 valence electrons. The van der Waals surface area contributed by atoms with Gasteiger partial charge >= 0.3 is 0 Å². The molecular formula is C14H20N2O2. The first-order valence-corrected chi connectivity index (χ1v) is 6.44. The molecule has 1 aliphatic heterocycles. The summed E-state index contributed by atoms with van der Waals surface area (Å²) in [4.78, 5) is 11.8. The van der Waals surface area contributed by atoms with Crippen LogP contribution in [0.5, 0.6) is 0 Å². The van der Waals surface area contributed by atoms with Crippen molar-refractivity contribution in [1.29, 1.82) is 0 Å². The number of nitrogens with two attached hydrogens (primary N) is 1. The Morgan fingerprint density at radius 1 is 1.39 bits per heavy atom. The summed E-state index contributed by atoms with van der Waals surface area (Å²) in [5.74, 6) is 0.586. The zero-order chi connectivity index (χ0) is 12.8. The molecule has 1 atom stereocenters. The number of nitrogens with one attached hydrogen (secondary N) is 1. The first-order chi connectivity index (χ1) is 8.79. The van der Waals surface area contributed by atoms with Gasteiger partial charge in [-0.3, -0.25) is 4.79 Å². The van der Waals surface area contributed by atoms with Crippen LogP contribution in [0.4, 0.5) is 0 Å². The molecule has 1 heterocycles. The van der Waals surface area contributed by atoms with Gasteiger partial charge in [0.15, 0.2) is 0 Å². The molecule has 1 saturated heterocycles. The van der Waals surface area contributed by atoms with E-state index in [9.17, 15) is 4.79 Å². The molecule has 1 aliphatic rings. The van der Waals surface area contributed by atoms with E-state index in [1.54, 1.807) is 0 Å². The third-order valence-corrected chi connectivity index (χ3v) is 3.31. The second kappa shape index (κ2) is 6.52. The summed E-state index contributed by atoms with van der Waals surface area (Å²) in [6.07, 6.45) is 2.10. The predicted octanol–water partition coefficient (Wildman–Crippen LogP) is 1.30. The number of benzene rings is 1. The van der Waals surface area contributed by atoms with Crippen LogP contribution in [-0.2, 0) is 11.3 Å². The zero-order valence-corrected chi connectivity index (χ0v) is 10.5. The first kappa shape index (κ1) is 13.1. The van der Waals surface area contributed by atoms with E-state index in [1.165, 1.54) is 0 Å². The summed E-state index contributed by atoms with van der Waals surface area (Å²) >= 11 is 0. The lowest BCUT2D eigenvalue weighted by atomic mass is 10.1. The van der Waals surface area contributed by atoms with Gasteiger partial charge in [-0.15, -0.1) is 0 Å². The van der Waals surface area contributed by atoms with Crippen molar-refractivity contribution in [2.45, 2.75) is 19.4 Å². The normalized spacial score (nSPS) is 18.8. The standard InChI is InChI=1S/C14H20N2O2/c15-9-11-1-3-13(4-2-11)14(17)16-7-5-12-6-8-18-10-12/h1-4,12H,5-10,15H2,(H,16,17). The summed E-state index contributed by atoms with van der Waals surface area (Å²) in [5, 5.41) is 2.94. The van der Waals surface area contributed by atoms with Crippen LogP contribution in [0.3, 0.4) is 0 Å². The van der Waals surface area contributed by atoms with Gasteiger partial charge in [-0.25, -0.2) is 0 Å². The fourth-order valence-corrected chi connectivity index (χ4v) is 2.10. The lowest BCUT2D eigenvalue weighted by molar-refractivity contribution is 0.0950. The van der Waals surface area contributed by atoms with Crippen molar-refractivity contribution in [2.24, 2.45) is 11.7 Å². The highest BCUT2D eigenvalue weighted by molar-refractivity contribution is 5.94. The van der Waals surface area contributed by atoms with Crippen LogP contribution in [0.15, 0.2) is 24.3 Å². The molecule has 4 heteroatoms. The SMILES string of the molecule is NCc1ccc(C(=O)NCCC2CCOC2)cc1. The number of hydrogen-bond donors (Lipinski definition) is 2. The number of ether oxygens (including phenoxy) is 1. The van der Waals surface area contributed by atoms with Gasteiger partial charge in [0.05, 0.1) is 0 Å². The van der Waals surface area contributed by atoms with Crippen molar-refractivity contribution < 1.29 is 9.53 Å². The van der Waals surface area contributed by atoms with E-state index in [0.717, 1.165) is 31.6 Å². The number of amides is 1. The monoisotopic (exact) mass is 248 g/mol. The van der Waals surface area contributed by atoms with Crippen molar-refractivity contribution in [2.75, 3.05) is 19.8 Å². The highest BCUT2D eigenvalue weighted by Gasteiger charge is 2.15. The molecule has 0 spiro atoms. The van der Waals surface area contributed by atoms with Crippen molar-refractivity contribution in [1.82, 2.24) is 5.32 Å². The Morgan fingerprint density at radius 2 is 2.17 bits per heavy atom. The van der Waals surface area contributed by atoms with Crippen LogP contribution in [0.2, 0.25) is 0 Å². The molecule has 1 unspecified atom stereocenters. The lowest BCUT2D eigenvalue weighted by Gasteiger charge is -2.09. The minimum Gasteiger partial charge on any atom is -0.381 e. The molecule has 0 bridgehead atoms. The lowest BCUT2D eigenvalue weighted by Crippen LogP contribution is -2.26. The molecule has 3 N–H and O–H groups in total. The average Bonchev–Trinajstić information content (AvgIpc) is 2.92. The molecule has 0 aliphatic carbocycles. The summed E-state index contributed by atoms with van der Waals surface area (Å²) in [7, 11) is 0. The van der Waals surface area contributed by atoms with E-state index in [1.807, 2.05) is 24.3 Å². The molecule has 18 heavy (non-hydrogen) atoms. The zero-order valence-electron chi connectivity index (χ0n) is 10.5. The second-order valence-corrected chi connectivity index (χ2v) is 4.68. The largest absolute Gasteiger partial charge is 0.381 e. The molecule has 0 radical (unpaired) electrons. The van der Waals surface area contributed by atoms with E-state index in [4.69, 9.17) is 10.5 Å². The van der Waals surface area contributed by atoms with Crippen LogP contribution in [0.1, 0.15) is 28.8 Å². The van der Waals surface area contributed by atoms with E-state index >= 15 is 0 Å². The Morgan fingerprint density at radius 3 is 2.78 bits per heavy atom. The highest BCUT2D eigenvalue weighted by atomic mass is 16.5. The third kappa shape index (κ3) is 3.55. The number of rotatable bonds is 5. The first-order valence-electron chi connectivity index (χ1n) is 6.44. The molecule has 1 amide bonds. The average molecular weight is 248 g/mol. The molecule has 0 aromatic heterocycles. The van der Waals surface area contributed by atoms with E-state index < -0.39 is 0 Å². The van der Waals surface area contributed by atoms with Crippen molar-refractivity contribution in [3.8, 4) is 0 Å². The molecule has 1 aromatic carbocycles. The Hall–Kier alpha value is -1.39. The van der Waals surface area contributed by atoms with Crippen LogP contribution < -0.4 is 11.1 Å². The molecule has 0 saturated carbocycles. The third-order valence-electron chi connectivity index (χ3n) is 3.31. The summed E-state index contributed by atoms with van der Waals surface area (Å²) in [5.41, 5.74) is 7.24. The van der Waals surface area contributed by atoms with Crippen LogP contribution >= 0.6 is 0 Å². The minimum atomic E-state index is -0.0162. The quantitative estimate of drug-likeness (QED) is 0.825. The topological polar surface area (TPSA) is 64.4 Å². The molecule has 1 aromatic rings. The maximum absolute atomic E-state index is 11.8. The predicted molar refractivity (Wildman–Crippen MR) is 70.2 cm³/mol. The van der Waals surface area contributed by atoms with E-state index in [2.05, 4.69) is 5.32 Å². The van der Waals surface area contributed by atoms with Gasteiger partial charge in [-0.05, 0) is 36.5 Å². The van der Waals surface area contributed by atoms with Gasteiger partial charge in [0.2, 0.25) is 0 Å². The van der Waals surface area contributed by atoms with Gasteiger partial charge in [0.25, 0.3) is 5.91 Å². The number of hydrogen-bond acceptors (Lipinski definition) is 3. The minimum absolute atomic E-state index is 0.0162. The fourth-order valence-electron chi connectivity index (χ4n) is 2.10. The van der Waals surface area contributed by atoms with Gasteiger partial charge in [0.1, 0.15) is 0 Å². The van der Waals surface area contributed by atoms with Gasteiger partial charge < -0.3 is 15.8 Å². The van der Waals surface area contributed by atoms with Crippen molar-refractivity contribution in [3.05, 3.63) is 35.4 Å². The molecule has 2 rings (SSSR count). The maximum atomic E-state index is 11.8. The fraction of sp³-hybridized carbons (Fsp3) is 0.500. The summed E-state index contributed by atoms with van der Waals surface area (Å²) < 4.78 is 5.30. The number of carbonyl (C=O) groups excluding carboxylic acids is 1. The van der Waals surface area contributed by atoms with E-state index in [-0.39, 0.29) is 5.91 Å². The van der Waals surface area contributed by atoms with Gasteiger partial charge in [-0.1, -0.05) is 12.1 Å². The smallest absolute Gasteiger partial charge is 0.251 e. The Bertz CT molecular complexity index is 383. The highest BCUT2D eigenvalue weighted by Crippen LogP contribution is 2.15. The number of carbonyl (C=O) groups is 1. The maximum Gasteiger partial charge on any atom is 0.251 e. The summed E-state index contributed by atoms with van der Waals surface area (Å²) in [6.45, 7) is 2.91. The molecule has 4 nitrogen and oxygen atoms in total. The van der Waals surface area contributed by atoms with Crippen molar-refractivity contribution >= 4 is 5.91 Å². The molecular weight excluding hydrogens is 228 g/mol. The van der Waals surface area contributed by atoms with Crippen LogP contribution in [0, 0.1) is 5.92 Å². The van der Waals surface area contributed by atoms with Crippen LogP contribution in [-0.4, -0.2) is 25.7 Å². The van der Waals surface area contributed by atoms with E-state index in [0.29, 0.717) is 24.6 Å².